The van der Waals surface area contributed by atoms with Crippen LogP contribution >= 0.6 is 0 Å². The molecule has 0 radical (unpaired) electrons. The molecule has 1 aromatic carbocycles. The third kappa shape index (κ3) is 2.75. The molecule has 0 saturated carbocycles. The lowest BCUT2D eigenvalue weighted by Crippen LogP contribution is -2.36. The van der Waals surface area contributed by atoms with Crippen molar-refractivity contribution in [2.24, 2.45) is 5.92 Å². The second-order valence-electron chi connectivity index (χ2n) is 6.83. The van der Waals surface area contributed by atoms with Crippen molar-refractivity contribution < 1.29 is 0 Å². The van der Waals surface area contributed by atoms with Gasteiger partial charge in [-0.25, -0.2) is 4.98 Å². The van der Waals surface area contributed by atoms with Crippen molar-refractivity contribution in [1.82, 2.24) is 19.6 Å². The molecule has 1 saturated heterocycles. The molecule has 0 aliphatic carbocycles. The fourth-order valence-corrected chi connectivity index (χ4v) is 3.68. The Hall–Kier alpha value is -2.43. The number of anilines is 1. The van der Waals surface area contributed by atoms with Crippen molar-refractivity contribution in [2.45, 2.75) is 33.1 Å². The predicted molar refractivity (Wildman–Crippen MR) is 95.4 cm³/mol. The summed E-state index contributed by atoms with van der Waals surface area (Å²) in [6.07, 6.45) is 5.00. The van der Waals surface area contributed by atoms with Crippen LogP contribution in [0.2, 0.25) is 0 Å². The minimum atomic E-state index is 0.692. The van der Waals surface area contributed by atoms with Gasteiger partial charge in [-0.15, -0.1) is 0 Å². The number of nitrogens with zero attached hydrogens (tertiary/aromatic N) is 5. The quantitative estimate of drug-likeness (QED) is 0.743. The molecule has 0 bridgehead atoms. The van der Waals surface area contributed by atoms with E-state index in [0.717, 1.165) is 25.2 Å². The molecular weight excluding hydrogens is 298 g/mol. The maximum absolute atomic E-state index is 4.67. The van der Waals surface area contributed by atoms with Gasteiger partial charge in [0.2, 0.25) is 0 Å². The van der Waals surface area contributed by atoms with Gasteiger partial charge in [0.1, 0.15) is 12.1 Å². The van der Waals surface area contributed by atoms with Crippen LogP contribution in [0.1, 0.15) is 36.6 Å². The minimum Gasteiger partial charge on any atom is -0.356 e. The van der Waals surface area contributed by atoms with Crippen LogP contribution in [0.3, 0.4) is 0 Å². The van der Waals surface area contributed by atoms with Gasteiger partial charge in [-0.2, -0.15) is 14.6 Å². The molecule has 1 aliphatic rings. The molecule has 3 aromatic rings. The van der Waals surface area contributed by atoms with Gasteiger partial charge in [0, 0.05) is 30.8 Å². The van der Waals surface area contributed by atoms with Gasteiger partial charge >= 0.3 is 0 Å². The number of fused-ring (bicyclic) bond motifs is 1. The van der Waals surface area contributed by atoms with Crippen LogP contribution in [0, 0.1) is 12.8 Å². The third-order valence-corrected chi connectivity index (χ3v) is 4.89. The summed E-state index contributed by atoms with van der Waals surface area (Å²) >= 11 is 0. The van der Waals surface area contributed by atoms with E-state index in [0.29, 0.717) is 11.7 Å². The molecule has 4 rings (SSSR count). The highest BCUT2D eigenvalue weighted by Gasteiger charge is 2.24. The second kappa shape index (κ2) is 6.23. The molecule has 1 aliphatic heterocycles. The lowest BCUT2D eigenvalue weighted by molar-refractivity contribution is 0.441. The molecule has 2 aromatic heterocycles. The summed E-state index contributed by atoms with van der Waals surface area (Å²) in [5.41, 5.74) is 3.61. The molecule has 0 N–H and O–H groups in total. The summed E-state index contributed by atoms with van der Waals surface area (Å²) in [6, 6.07) is 10.6. The molecule has 1 fully saturated rings. The summed E-state index contributed by atoms with van der Waals surface area (Å²) in [4.78, 5) is 11.5. The van der Waals surface area contributed by atoms with Crippen LogP contribution in [0.15, 0.2) is 36.7 Å². The predicted octanol–water partition coefficient (Wildman–Crippen LogP) is 3.26. The van der Waals surface area contributed by atoms with E-state index in [1.807, 2.05) is 4.52 Å². The highest BCUT2D eigenvalue weighted by molar-refractivity contribution is 5.56. The van der Waals surface area contributed by atoms with Crippen LogP contribution in [-0.2, 0) is 6.42 Å². The van der Waals surface area contributed by atoms with Crippen molar-refractivity contribution in [3.05, 3.63) is 53.5 Å². The van der Waals surface area contributed by atoms with E-state index in [1.165, 1.54) is 29.8 Å². The van der Waals surface area contributed by atoms with Gasteiger partial charge in [-0.3, -0.25) is 0 Å². The molecule has 5 nitrogen and oxygen atoms in total. The van der Waals surface area contributed by atoms with Crippen molar-refractivity contribution in [3.8, 4) is 0 Å². The summed E-state index contributed by atoms with van der Waals surface area (Å²) < 4.78 is 1.92. The first kappa shape index (κ1) is 15.1. The van der Waals surface area contributed by atoms with E-state index in [9.17, 15) is 0 Å². The molecule has 1 atom stereocenters. The Morgan fingerprint density at radius 3 is 2.83 bits per heavy atom. The van der Waals surface area contributed by atoms with E-state index in [1.54, 1.807) is 6.33 Å². The number of hydrogen-bond acceptors (Lipinski definition) is 4. The lowest BCUT2D eigenvalue weighted by Gasteiger charge is -2.34. The van der Waals surface area contributed by atoms with Gasteiger partial charge in [-0.1, -0.05) is 37.3 Å². The Morgan fingerprint density at radius 2 is 2.04 bits per heavy atom. The first-order valence-electron chi connectivity index (χ1n) is 8.70. The highest BCUT2D eigenvalue weighted by atomic mass is 15.4. The van der Waals surface area contributed by atoms with Gasteiger partial charge in [0.15, 0.2) is 0 Å². The molecule has 3 heterocycles. The number of aryl methyl sites for hydroxylation is 1. The van der Waals surface area contributed by atoms with E-state index < -0.39 is 0 Å². The number of piperidine rings is 1. The van der Waals surface area contributed by atoms with E-state index in [4.69, 9.17) is 0 Å². The minimum absolute atomic E-state index is 0.692. The molecule has 0 spiro atoms. The van der Waals surface area contributed by atoms with Crippen molar-refractivity contribution >= 4 is 11.6 Å². The van der Waals surface area contributed by atoms with Crippen LogP contribution in [0.4, 0.5) is 5.82 Å². The van der Waals surface area contributed by atoms with Crippen LogP contribution in [0.25, 0.3) is 5.78 Å². The van der Waals surface area contributed by atoms with Gasteiger partial charge < -0.3 is 4.90 Å². The lowest BCUT2D eigenvalue weighted by atomic mass is 9.98. The Morgan fingerprint density at radius 1 is 1.21 bits per heavy atom. The monoisotopic (exact) mass is 321 g/mol. The molecular formula is C19H23N5. The Bertz CT molecular complexity index is 840. The average molecular weight is 321 g/mol. The maximum Gasteiger partial charge on any atom is 0.254 e. The average Bonchev–Trinajstić information content (AvgIpc) is 3.04. The molecule has 24 heavy (non-hydrogen) atoms. The zero-order valence-electron chi connectivity index (χ0n) is 14.3. The largest absolute Gasteiger partial charge is 0.356 e. The van der Waals surface area contributed by atoms with Gasteiger partial charge in [0.25, 0.3) is 5.78 Å². The molecule has 0 unspecified atom stereocenters. The third-order valence-electron chi connectivity index (χ3n) is 4.89. The normalized spacial score (nSPS) is 18.2. The summed E-state index contributed by atoms with van der Waals surface area (Å²) in [5.74, 6) is 2.57. The summed E-state index contributed by atoms with van der Waals surface area (Å²) in [7, 11) is 0. The van der Waals surface area contributed by atoms with E-state index in [-0.39, 0.29) is 0 Å². The highest BCUT2D eigenvalue weighted by Crippen LogP contribution is 2.29. The van der Waals surface area contributed by atoms with Crippen LogP contribution in [0.5, 0.6) is 0 Å². The van der Waals surface area contributed by atoms with Crippen LogP contribution in [-0.4, -0.2) is 32.7 Å². The summed E-state index contributed by atoms with van der Waals surface area (Å²) in [6.45, 7) is 6.56. The van der Waals surface area contributed by atoms with Crippen LogP contribution < -0.4 is 4.90 Å². The standard InChI is InChI=1S/C19H23N5/c1-14-7-6-10-23(12-14)18-17(11-16-8-4-3-5-9-16)15(2)22-19-20-13-21-24(18)19/h3-5,8-9,13-14H,6-7,10-12H2,1-2H3/t14-/m0/s1. The smallest absolute Gasteiger partial charge is 0.254 e. The SMILES string of the molecule is Cc1nc2ncnn2c(N2CCC[C@H](C)C2)c1Cc1ccccc1. The number of hydrogen-bond donors (Lipinski definition) is 0. The molecule has 0 amide bonds. The second-order valence-corrected chi connectivity index (χ2v) is 6.83. The zero-order chi connectivity index (χ0) is 16.5. The van der Waals surface area contributed by atoms with Crippen molar-refractivity contribution in [2.75, 3.05) is 18.0 Å². The van der Waals surface area contributed by atoms with E-state index >= 15 is 0 Å². The zero-order valence-corrected chi connectivity index (χ0v) is 14.3. The van der Waals surface area contributed by atoms with Crippen molar-refractivity contribution in [3.63, 3.8) is 0 Å². The van der Waals surface area contributed by atoms with Gasteiger partial charge in [0.05, 0.1) is 0 Å². The van der Waals surface area contributed by atoms with E-state index in [2.05, 4.69) is 64.1 Å². The topological polar surface area (TPSA) is 46.3 Å². The number of rotatable bonds is 3. The Kier molecular flexibility index (Phi) is 3.92. The maximum atomic E-state index is 4.67. The fourth-order valence-electron chi connectivity index (χ4n) is 3.68. The number of aromatic nitrogens is 4. The van der Waals surface area contributed by atoms with Crippen molar-refractivity contribution in [1.29, 1.82) is 0 Å². The van der Waals surface area contributed by atoms with Gasteiger partial charge in [-0.05, 0) is 31.2 Å². The fraction of sp³-hybridized carbons (Fsp3) is 0.421. The molecule has 5 heteroatoms. The first-order chi connectivity index (χ1) is 11.7. The Labute approximate surface area is 142 Å². The summed E-state index contributed by atoms with van der Waals surface area (Å²) in [5, 5.41) is 4.46. The number of benzene rings is 1. The Balaban J connectivity index is 1.84. The first-order valence-corrected chi connectivity index (χ1v) is 8.70. The molecule has 124 valence electrons.